The monoisotopic (exact) mass is 243 g/mol. The number of nitrogens with one attached hydrogen (secondary N) is 1. The molecule has 0 aromatic rings. The molecule has 0 saturated heterocycles. The summed E-state index contributed by atoms with van der Waals surface area (Å²) < 4.78 is 5.10. The third kappa shape index (κ3) is 6.97. The van der Waals surface area contributed by atoms with Crippen LogP contribution >= 0.6 is 0 Å². The molecule has 100 valence electrons. The second-order valence-corrected chi connectivity index (χ2v) is 5.46. The van der Waals surface area contributed by atoms with Gasteiger partial charge in [0.2, 0.25) is 0 Å². The standard InChI is InChI=1S/C13H25NO3/c1-7-8-9(2)11(15)10(3)14-12(16)17-13(4,5)6/h9-10H,7-8H2,1-6H3,(H,14,16)/t9?,10-/m0/s1. The van der Waals surface area contributed by atoms with Gasteiger partial charge in [0.05, 0.1) is 6.04 Å². The number of Topliss-reactive ketones (excluding diaryl/α,β-unsaturated/α-hetero) is 1. The van der Waals surface area contributed by atoms with Crippen LogP contribution in [0.25, 0.3) is 0 Å². The minimum absolute atomic E-state index is 0.0232. The summed E-state index contributed by atoms with van der Waals surface area (Å²) in [6.45, 7) is 11.0. The topological polar surface area (TPSA) is 55.4 Å². The molecule has 1 N–H and O–H groups in total. The van der Waals surface area contributed by atoms with Gasteiger partial charge in [-0.15, -0.1) is 0 Å². The van der Waals surface area contributed by atoms with Crippen molar-refractivity contribution in [1.82, 2.24) is 5.32 Å². The van der Waals surface area contributed by atoms with Crippen LogP contribution in [0.1, 0.15) is 54.4 Å². The average molecular weight is 243 g/mol. The van der Waals surface area contributed by atoms with Crippen molar-refractivity contribution in [3.63, 3.8) is 0 Å². The predicted molar refractivity (Wildman–Crippen MR) is 67.9 cm³/mol. The summed E-state index contributed by atoms with van der Waals surface area (Å²) in [5.41, 5.74) is -0.540. The molecule has 4 nitrogen and oxygen atoms in total. The van der Waals surface area contributed by atoms with Gasteiger partial charge in [-0.25, -0.2) is 4.79 Å². The molecule has 0 aromatic heterocycles. The summed E-state index contributed by atoms with van der Waals surface area (Å²) >= 11 is 0. The molecule has 0 aromatic carbocycles. The SMILES string of the molecule is CCCC(C)C(=O)[C@H](C)NC(=O)OC(C)(C)C. The molecular weight excluding hydrogens is 218 g/mol. The lowest BCUT2D eigenvalue weighted by molar-refractivity contribution is -0.124. The zero-order chi connectivity index (χ0) is 13.6. The zero-order valence-corrected chi connectivity index (χ0v) is 11.8. The molecular formula is C13H25NO3. The lowest BCUT2D eigenvalue weighted by Crippen LogP contribution is -2.43. The van der Waals surface area contributed by atoms with Gasteiger partial charge >= 0.3 is 6.09 Å². The molecule has 0 spiro atoms. The van der Waals surface area contributed by atoms with Crippen molar-refractivity contribution in [2.75, 3.05) is 0 Å². The Bertz CT molecular complexity index is 268. The zero-order valence-electron chi connectivity index (χ0n) is 11.8. The van der Waals surface area contributed by atoms with Crippen LogP contribution in [-0.4, -0.2) is 23.5 Å². The molecule has 4 heteroatoms. The van der Waals surface area contributed by atoms with Crippen LogP contribution in [0.4, 0.5) is 4.79 Å². The van der Waals surface area contributed by atoms with Gasteiger partial charge in [-0.3, -0.25) is 4.79 Å². The van der Waals surface area contributed by atoms with E-state index >= 15 is 0 Å². The van der Waals surface area contributed by atoms with E-state index in [0.29, 0.717) is 0 Å². The average Bonchev–Trinajstić information content (AvgIpc) is 2.13. The first-order valence-electron chi connectivity index (χ1n) is 6.20. The number of rotatable bonds is 5. The number of ketones is 1. The first-order chi connectivity index (χ1) is 7.67. The van der Waals surface area contributed by atoms with E-state index in [1.165, 1.54) is 0 Å². The second kappa shape index (κ2) is 6.62. The Hall–Kier alpha value is -1.06. The van der Waals surface area contributed by atoms with Crippen LogP contribution in [0.15, 0.2) is 0 Å². The van der Waals surface area contributed by atoms with Crippen molar-refractivity contribution in [2.45, 2.75) is 66.0 Å². The Kier molecular flexibility index (Phi) is 6.21. The summed E-state index contributed by atoms with van der Waals surface area (Å²) in [6.07, 6.45) is 1.27. The number of amides is 1. The van der Waals surface area contributed by atoms with E-state index in [4.69, 9.17) is 4.74 Å². The van der Waals surface area contributed by atoms with Gasteiger partial charge < -0.3 is 10.1 Å². The van der Waals surface area contributed by atoms with E-state index in [1.54, 1.807) is 27.7 Å². The van der Waals surface area contributed by atoms with Crippen LogP contribution in [0.2, 0.25) is 0 Å². The number of ether oxygens (including phenoxy) is 1. The summed E-state index contributed by atoms with van der Waals surface area (Å²) in [7, 11) is 0. The third-order valence-electron chi connectivity index (χ3n) is 2.37. The fourth-order valence-electron chi connectivity index (χ4n) is 1.56. The first-order valence-corrected chi connectivity index (χ1v) is 6.20. The van der Waals surface area contributed by atoms with Crippen LogP contribution < -0.4 is 5.32 Å². The number of hydrogen-bond acceptors (Lipinski definition) is 3. The van der Waals surface area contributed by atoms with Gasteiger partial charge in [0, 0.05) is 5.92 Å². The largest absolute Gasteiger partial charge is 0.444 e. The van der Waals surface area contributed by atoms with Gasteiger partial charge in [0.15, 0.2) is 5.78 Å². The Balaban J connectivity index is 4.21. The molecule has 2 atom stereocenters. The van der Waals surface area contributed by atoms with Crippen molar-refractivity contribution < 1.29 is 14.3 Å². The highest BCUT2D eigenvalue weighted by atomic mass is 16.6. The third-order valence-corrected chi connectivity index (χ3v) is 2.37. The van der Waals surface area contributed by atoms with Gasteiger partial charge in [0.1, 0.15) is 5.60 Å². The van der Waals surface area contributed by atoms with Gasteiger partial charge in [-0.2, -0.15) is 0 Å². The van der Waals surface area contributed by atoms with Crippen molar-refractivity contribution in [3.05, 3.63) is 0 Å². The second-order valence-electron chi connectivity index (χ2n) is 5.46. The summed E-state index contributed by atoms with van der Waals surface area (Å²) in [4.78, 5) is 23.3. The Morgan fingerprint density at radius 2 is 1.76 bits per heavy atom. The Morgan fingerprint density at radius 1 is 1.24 bits per heavy atom. The van der Waals surface area contributed by atoms with Crippen molar-refractivity contribution >= 4 is 11.9 Å². The molecule has 0 aliphatic rings. The van der Waals surface area contributed by atoms with Crippen LogP contribution in [0.3, 0.4) is 0 Å². The van der Waals surface area contributed by atoms with E-state index in [1.807, 2.05) is 13.8 Å². The molecule has 17 heavy (non-hydrogen) atoms. The quantitative estimate of drug-likeness (QED) is 0.807. The minimum Gasteiger partial charge on any atom is -0.444 e. The van der Waals surface area contributed by atoms with Crippen molar-refractivity contribution in [2.24, 2.45) is 5.92 Å². The highest BCUT2D eigenvalue weighted by molar-refractivity contribution is 5.88. The highest BCUT2D eigenvalue weighted by Crippen LogP contribution is 2.10. The van der Waals surface area contributed by atoms with Crippen molar-refractivity contribution in [3.8, 4) is 0 Å². The van der Waals surface area contributed by atoms with E-state index in [2.05, 4.69) is 5.32 Å². The van der Waals surface area contributed by atoms with E-state index in [9.17, 15) is 9.59 Å². The molecule has 1 amide bonds. The maximum absolute atomic E-state index is 11.9. The smallest absolute Gasteiger partial charge is 0.408 e. The molecule has 0 fully saturated rings. The number of carbonyl (C=O) groups is 2. The van der Waals surface area contributed by atoms with Gasteiger partial charge in [0.25, 0.3) is 0 Å². The first kappa shape index (κ1) is 15.9. The molecule has 0 heterocycles. The minimum atomic E-state index is -0.540. The summed E-state index contributed by atoms with van der Waals surface area (Å²) in [5, 5.41) is 2.56. The van der Waals surface area contributed by atoms with E-state index < -0.39 is 17.7 Å². The van der Waals surface area contributed by atoms with Gasteiger partial charge in [-0.1, -0.05) is 20.3 Å². The molecule has 0 aliphatic heterocycles. The van der Waals surface area contributed by atoms with Crippen LogP contribution in [0.5, 0.6) is 0 Å². The summed E-state index contributed by atoms with van der Waals surface area (Å²) in [5.74, 6) is 0.0302. The van der Waals surface area contributed by atoms with Crippen LogP contribution in [0, 0.1) is 5.92 Å². The Labute approximate surface area is 104 Å². The van der Waals surface area contributed by atoms with Gasteiger partial charge in [-0.05, 0) is 34.1 Å². The molecule has 0 radical (unpaired) electrons. The number of alkyl carbamates (subject to hydrolysis) is 1. The van der Waals surface area contributed by atoms with Crippen molar-refractivity contribution in [1.29, 1.82) is 0 Å². The maximum atomic E-state index is 11.9. The fourth-order valence-corrected chi connectivity index (χ4v) is 1.56. The Morgan fingerprint density at radius 3 is 2.18 bits per heavy atom. The maximum Gasteiger partial charge on any atom is 0.408 e. The van der Waals surface area contributed by atoms with E-state index in [0.717, 1.165) is 12.8 Å². The predicted octanol–water partition coefficient (Wildman–Crippen LogP) is 2.90. The molecule has 0 rings (SSSR count). The number of hydrogen-bond donors (Lipinski definition) is 1. The normalized spacial score (nSPS) is 14.9. The lowest BCUT2D eigenvalue weighted by atomic mass is 9.96. The van der Waals surface area contributed by atoms with Crippen LogP contribution in [-0.2, 0) is 9.53 Å². The lowest BCUT2D eigenvalue weighted by Gasteiger charge is -2.22. The fraction of sp³-hybridized carbons (Fsp3) is 0.846. The molecule has 1 unspecified atom stereocenters. The molecule has 0 saturated carbocycles. The molecule has 0 bridgehead atoms. The van der Waals surface area contributed by atoms with E-state index in [-0.39, 0.29) is 11.7 Å². The molecule has 0 aliphatic carbocycles. The highest BCUT2D eigenvalue weighted by Gasteiger charge is 2.23. The number of carbonyl (C=O) groups excluding carboxylic acids is 2. The summed E-state index contributed by atoms with van der Waals surface area (Å²) in [6, 6.07) is -0.494.